The van der Waals surface area contributed by atoms with Crippen molar-refractivity contribution in [3.05, 3.63) is 22.4 Å². The first-order valence-electron chi connectivity index (χ1n) is 4.13. The van der Waals surface area contributed by atoms with Gasteiger partial charge in [-0.2, -0.15) is 0 Å². The fraction of sp³-hybridized carbons (Fsp3) is 0.444. The topological polar surface area (TPSA) is 49.3 Å². The van der Waals surface area contributed by atoms with Crippen molar-refractivity contribution in [1.29, 1.82) is 0 Å². The summed E-state index contributed by atoms with van der Waals surface area (Å²) in [6, 6.07) is 3.87. The molecule has 0 radical (unpaired) electrons. The van der Waals surface area contributed by atoms with Crippen molar-refractivity contribution in [3.8, 4) is 0 Å². The average Bonchev–Trinajstić information content (AvgIpc) is 2.55. The predicted octanol–water partition coefficient (Wildman–Crippen LogP) is 1.31. The third-order valence-corrected chi connectivity index (χ3v) is 2.76. The molecular formula is C9H13NO2S. The van der Waals surface area contributed by atoms with Gasteiger partial charge in [-0.1, -0.05) is 6.07 Å². The van der Waals surface area contributed by atoms with Gasteiger partial charge in [-0.25, -0.2) is 0 Å². The molecule has 2 atom stereocenters. The predicted molar refractivity (Wildman–Crippen MR) is 52.6 cm³/mol. The fourth-order valence-corrected chi connectivity index (χ4v) is 1.68. The molecule has 13 heavy (non-hydrogen) atoms. The van der Waals surface area contributed by atoms with E-state index in [9.17, 15) is 4.79 Å². The van der Waals surface area contributed by atoms with Gasteiger partial charge in [0.2, 0.25) is 5.91 Å². The highest BCUT2D eigenvalue weighted by molar-refractivity contribution is 7.10. The van der Waals surface area contributed by atoms with Crippen LogP contribution in [0.4, 0.5) is 0 Å². The zero-order valence-electron chi connectivity index (χ0n) is 7.65. The largest absolute Gasteiger partial charge is 0.384 e. The Labute approximate surface area is 81.4 Å². The van der Waals surface area contributed by atoms with Crippen molar-refractivity contribution < 1.29 is 9.90 Å². The van der Waals surface area contributed by atoms with Gasteiger partial charge in [0.05, 0.1) is 6.04 Å². The molecule has 0 spiro atoms. The molecule has 1 heterocycles. The SMILES string of the molecule is C[C@H](O)C(=O)N[C@@H](C)c1cccs1. The Kier molecular flexibility index (Phi) is 3.45. The Balaban J connectivity index is 2.51. The molecule has 2 N–H and O–H groups in total. The monoisotopic (exact) mass is 199 g/mol. The van der Waals surface area contributed by atoms with E-state index in [-0.39, 0.29) is 11.9 Å². The molecule has 1 aromatic heterocycles. The third-order valence-electron chi connectivity index (χ3n) is 1.71. The van der Waals surface area contributed by atoms with Crippen LogP contribution in [0.1, 0.15) is 24.8 Å². The lowest BCUT2D eigenvalue weighted by molar-refractivity contribution is -0.129. The molecule has 1 rings (SSSR count). The standard InChI is InChI=1S/C9H13NO2S/c1-6(8-4-3-5-13-8)10-9(12)7(2)11/h3-7,11H,1-2H3,(H,10,12)/t6-,7-/m0/s1. The van der Waals surface area contributed by atoms with E-state index < -0.39 is 6.10 Å². The van der Waals surface area contributed by atoms with E-state index in [1.54, 1.807) is 11.3 Å². The summed E-state index contributed by atoms with van der Waals surface area (Å²) < 4.78 is 0. The van der Waals surface area contributed by atoms with Crippen LogP contribution < -0.4 is 5.32 Å². The first-order valence-corrected chi connectivity index (χ1v) is 5.01. The van der Waals surface area contributed by atoms with E-state index in [4.69, 9.17) is 5.11 Å². The normalized spacial score (nSPS) is 15.0. The minimum Gasteiger partial charge on any atom is -0.384 e. The summed E-state index contributed by atoms with van der Waals surface area (Å²) in [7, 11) is 0. The van der Waals surface area contributed by atoms with Crippen LogP contribution in [-0.4, -0.2) is 17.1 Å². The molecule has 0 saturated carbocycles. The first kappa shape index (κ1) is 10.2. The van der Waals surface area contributed by atoms with Crippen molar-refractivity contribution in [1.82, 2.24) is 5.32 Å². The molecule has 72 valence electrons. The smallest absolute Gasteiger partial charge is 0.249 e. The van der Waals surface area contributed by atoms with Crippen LogP contribution in [0, 0.1) is 0 Å². The van der Waals surface area contributed by atoms with Crippen LogP contribution in [0.5, 0.6) is 0 Å². The Hall–Kier alpha value is -0.870. The van der Waals surface area contributed by atoms with Crippen molar-refractivity contribution in [3.63, 3.8) is 0 Å². The van der Waals surface area contributed by atoms with Crippen molar-refractivity contribution in [2.45, 2.75) is 26.0 Å². The van der Waals surface area contributed by atoms with Crippen LogP contribution in [0.25, 0.3) is 0 Å². The molecule has 0 unspecified atom stereocenters. The number of hydrogen-bond acceptors (Lipinski definition) is 3. The van der Waals surface area contributed by atoms with Gasteiger partial charge in [0.15, 0.2) is 0 Å². The molecule has 0 aliphatic rings. The summed E-state index contributed by atoms with van der Waals surface area (Å²) >= 11 is 1.59. The maximum atomic E-state index is 11.1. The number of carbonyl (C=O) groups is 1. The Bertz CT molecular complexity index is 269. The van der Waals surface area contributed by atoms with Gasteiger partial charge in [0.1, 0.15) is 6.10 Å². The van der Waals surface area contributed by atoms with E-state index in [2.05, 4.69) is 5.32 Å². The number of aliphatic hydroxyl groups excluding tert-OH is 1. The van der Waals surface area contributed by atoms with Crippen molar-refractivity contribution in [2.24, 2.45) is 0 Å². The molecular weight excluding hydrogens is 186 g/mol. The number of amides is 1. The highest BCUT2D eigenvalue weighted by atomic mass is 32.1. The summed E-state index contributed by atoms with van der Waals surface area (Å²) in [4.78, 5) is 12.2. The van der Waals surface area contributed by atoms with Gasteiger partial charge in [0.25, 0.3) is 0 Å². The number of aliphatic hydroxyl groups is 1. The molecule has 0 bridgehead atoms. The van der Waals surface area contributed by atoms with Crippen molar-refractivity contribution >= 4 is 17.2 Å². The van der Waals surface area contributed by atoms with Crippen LogP contribution in [-0.2, 0) is 4.79 Å². The Morgan fingerprint density at radius 1 is 1.62 bits per heavy atom. The van der Waals surface area contributed by atoms with E-state index in [0.29, 0.717) is 0 Å². The van der Waals surface area contributed by atoms with E-state index in [1.165, 1.54) is 6.92 Å². The maximum absolute atomic E-state index is 11.1. The second-order valence-electron chi connectivity index (χ2n) is 2.92. The number of thiophene rings is 1. The number of carbonyl (C=O) groups excluding carboxylic acids is 1. The maximum Gasteiger partial charge on any atom is 0.249 e. The van der Waals surface area contributed by atoms with E-state index in [0.717, 1.165) is 4.88 Å². The second-order valence-corrected chi connectivity index (χ2v) is 3.90. The van der Waals surface area contributed by atoms with Crippen LogP contribution in [0.2, 0.25) is 0 Å². The van der Waals surface area contributed by atoms with E-state index in [1.807, 2.05) is 24.4 Å². The van der Waals surface area contributed by atoms with Gasteiger partial charge >= 0.3 is 0 Å². The summed E-state index contributed by atoms with van der Waals surface area (Å²) in [5, 5.41) is 13.6. The lowest BCUT2D eigenvalue weighted by Crippen LogP contribution is -2.34. The second kappa shape index (κ2) is 4.39. The molecule has 0 aromatic carbocycles. The first-order chi connectivity index (χ1) is 6.11. The Morgan fingerprint density at radius 3 is 2.77 bits per heavy atom. The highest BCUT2D eigenvalue weighted by Gasteiger charge is 2.13. The molecule has 0 fully saturated rings. The van der Waals surface area contributed by atoms with Crippen LogP contribution in [0.3, 0.4) is 0 Å². The third kappa shape index (κ3) is 2.82. The molecule has 1 aromatic rings. The molecule has 0 aliphatic heterocycles. The molecule has 0 saturated heterocycles. The summed E-state index contributed by atoms with van der Waals surface area (Å²) in [5.41, 5.74) is 0. The zero-order valence-corrected chi connectivity index (χ0v) is 8.47. The van der Waals surface area contributed by atoms with Crippen LogP contribution in [0.15, 0.2) is 17.5 Å². The lowest BCUT2D eigenvalue weighted by Gasteiger charge is -2.13. The zero-order chi connectivity index (χ0) is 9.84. The molecule has 1 amide bonds. The van der Waals surface area contributed by atoms with Gasteiger partial charge in [-0.3, -0.25) is 4.79 Å². The number of hydrogen-bond donors (Lipinski definition) is 2. The minimum absolute atomic E-state index is 0.0258. The van der Waals surface area contributed by atoms with Crippen molar-refractivity contribution in [2.75, 3.05) is 0 Å². The lowest BCUT2D eigenvalue weighted by atomic mass is 10.2. The summed E-state index contributed by atoms with van der Waals surface area (Å²) in [6.45, 7) is 3.35. The minimum atomic E-state index is -0.942. The van der Waals surface area contributed by atoms with Crippen LogP contribution >= 0.6 is 11.3 Å². The van der Waals surface area contributed by atoms with Gasteiger partial charge < -0.3 is 10.4 Å². The Morgan fingerprint density at radius 2 is 2.31 bits per heavy atom. The average molecular weight is 199 g/mol. The molecule has 0 aliphatic carbocycles. The highest BCUT2D eigenvalue weighted by Crippen LogP contribution is 2.17. The van der Waals surface area contributed by atoms with Gasteiger partial charge in [0, 0.05) is 4.88 Å². The fourth-order valence-electron chi connectivity index (χ4n) is 0.943. The van der Waals surface area contributed by atoms with Gasteiger partial charge in [-0.15, -0.1) is 11.3 Å². The molecule has 4 heteroatoms. The number of nitrogens with one attached hydrogen (secondary N) is 1. The van der Waals surface area contributed by atoms with Gasteiger partial charge in [-0.05, 0) is 25.3 Å². The summed E-state index contributed by atoms with van der Waals surface area (Å²) in [6.07, 6.45) is -0.942. The summed E-state index contributed by atoms with van der Waals surface area (Å²) in [5.74, 6) is -0.332. The number of rotatable bonds is 3. The molecule has 3 nitrogen and oxygen atoms in total. The quantitative estimate of drug-likeness (QED) is 0.771. The van der Waals surface area contributed by atoms with E-state index >= 15 is 0 Å².